The van der Waals surface area contributed by atoms with Gasteiger partial charge in [-0.05, 0) is 52.0 Å². The van der Waals surface area contributed by atoms with Gasteiger partial charge in [0.15, 0.2) is 5.78 Å². The molecule has 2 saturated heterocycles. The van der Waals surface area contributed by atoms with Crippen LogP contribution in [0.5, 0.6) is 0 Å². The lowest BCUT2D eigenvalue weighted by Gasteiger charge is -2.47. The molecular formula is C23H28N2O4. The highest BCUT2D eigenvalue weighted by atomic mass is 16.6. The van der Waals surface area contributed by atoms with Crippen LogP contribution in [0.25, 0.3) is 0 Å². The zero-order valence-corrected chi connectivity index (χ0v) is 17.3. The van der Waals surface area contributed by atoms with E-state index in [1.54, 1.807) is 4.90 Å². The number of Topliss-reactive ketones (excluding diaryl/α,β-unsaturated/α-hetero) is 1. The van der Waals surface area contributed by atoms with Crippen LogP contribution in [0.15, 0.2) is 24.3 Å². The van der Waals surface area contributed by atoms with E-state index in [9.17, 15) is 14.9 Å². The number of piperidine rings is 1. The summed E-state index contributed by atoms with van der Waals surface area (Å²) < 4.78 is 11.2. The number of hydrogen-bond donors (Lipinski definition) is 0. The Labute approximate surface area is 171 Å². The summed E-state index contributed by atoms with van der Waals surface area (Å²) in [7, 11) is 0. The number of hydrogen-bond acceptors (Lipinski definition) is 5. The Bertz CT molecular complexity index is 831. The second-order valence-electron chi connectivity index (χ2n) is 9.54. The predicted molar refractivity (Wildman–Crippen MR) is 106 cm³/mol. The highest BCUT2D eigenvalue weighted by Gasteiger charge is 2.46. The lowest BCUT2D eigenvalue weighted by atomic mass is 9.80. The van der Waals surface area contributed by atoms with E-state index in [2.05, 4.69) is 6.07 Å². The van der Waals surface area contributed by atoms with E-state index in [-0.39, 0.29) is 35.3 Å². The van der Waals surface area contributed by atoms with Gasteiger partial charge < -0.3 is 9.47 Å². The molecule has 0 spiro atoms. The van der Waals surface area contributed by atoms with Crippen molar-refractivity contribution in [3.05, 3.63) is 35.4 Å². The van der Waals surface area contributed by atoms with Crippen molar-refractivity contribution < 1.29 is 19.1 Å². The number of ether oxygens (including phenoxy) is 2. The molecule has 1 aromatic rings. The van der Waals surface area contributed by atoms with Crippen molar-refractivity contribution in [3.63, 3.8) is 0 Å². The maximum Gasteiger partial charge on any atom is 0.410 e. The monoisotopic (exact) mass is 396 g/mol. The number of rotatable bonds is 3. The maximum absolute atomic E-state index is 13.1. The first-order valence-corrected chi connectivity index (χ1v) is 10.4. The van der Waals surface area contributed by atoms with Gasteiger partial charge in [0.05, 0.1) is 36.8 Å². The minimum Gasteiger partial charge on any atom is -0.444 e. The fraction of sp³-hybridized carbons (Fsp3) is 0.609. The lowest BCUT2D eigenvalue weighted by molar-refractivity contribution is -0.0861. The van der Waals surface area contributed by atoms with E-state index < -0.39 is 5.60 Å². The van der Waals surface area contributed by atoms with Crippen molar-refractivity contribution in [2.45, 2.75) is 69.6 Å². The quantitative estimate of drug-likeness (QED) is 0.725. The Kier molecular flexibility index (Phi) is 4.90. The second kappa shape index (κ2) is 7.14. The van der Waals surface area contributed by atoms with Gasteiger partial charge in [-0.15, -0.1) is 0 Å². The molecule has 0 aromatic heterocycles. The van der Waals surface area contributed by atoms with Crippen molar-refractivity contribution in [1.29, 1.82) is 5.26 Å². The molecule has 2 unspecified atom stereocenters. The van der Waals surface area contributed by atoms with E-state index in [4.69, 9.17) is 9.47 Å². The van der Waals surface area contributed by atoms with Crippen LogP contribution in [-0.4, -0.2) is 47.7 Å². The topological polar surface area (TPSA) is 79.6 Å². The molecule has 1 aromatic carbocycles. The number of amides is 1. The molecule has 3 fully saturated rings. The molecule has 154 valence electrons. The number of morpholine rings is 1. The fourth-order valence-corrected chi connectivity index (χ4v) is 4.52. The number of nitriles is 1. The van der Waals surface area contributed by atoms with Gasteiger partial charge in [0.1, 0.15) is 5.60 Å². The van der Waals surface area contributed by atoms with Crippen LogP contribution in [0, 0.1) is 17.2 Å². The number of carbonyl (C=O) groups excluding carboxylic acids is 2. The summed E-state index contributed by atoms with van der Waals surface area (Å²) in [5, 5.41) is 9.35. The van der Waals surface area contributed by atoms with Gasteiger partial charge in [0.25, 0.3) is 0 Å². The second-order valence-corrected chi connectivity index (χ2v) is 9.54. The van der Waals surface area contributed by atoms with Gasteiger partial charge in [-0.25, -0.2) is 4.79 Å². The first kappa shape index (κ1) is 19.9. The third kappa shape index (κ3) is 3.89. The highest BCUT2D eigenvalue weighted by molar-refractivity contribution is 5.98. The fourth-order valence-electron chi connectivity index (χ4n) is 4.52. The van der Waals surface area contributed by atoms with E-state index in [0.29, 0.717) is 31.6 Å². The molecule has 2 atom stereocenters. The SMILES string of the molecule is CC(C)(C)OC(=O)N1C2COCC1CC(C(=O)c1ccc(C3(C#N)CC3)cc1)C2. The summed E-state index contributed by atoms with van der Waals surface area (Å²) in [6.07, 6.45) is 2.63. The third-order valence-electron chi connectivity index (χ3n) is 6.18. The number of carbonyl (C=O) groups is 2. The van der Waals surface area contributed by atoms with Crippen molar-refractivity contribution in [2.75, 3.05) is 13.2 Å². The molecule has 6 nitrogen and oxygen atoms in total. The molecule has 29 heavy (non-hydrogen) atoms. The third-order valence-corrected chi connectivity index (χ3v) is 6.18. The van der Waals surface area contributed by atoms with Crippen molar-refractivity contribution >= 4 is 11.9 Å². The molecule has 2 bridgehead atoms. The minimum absolute atomic E-state index is 0.110. The number of nitrogens with zero attached hydrogens (tertiary/aromatic N) is 2. The maximum atomic E-state index is 13.1. The van der Waals surface area contributed by atoms with E-state index in [1.807, 2.05) is 45.0 Å². The van der Waals surface area contributed by atoms with Crippen LogP contribution in [0.1, 0.15) is 62.4 Å². The zero-order chi connectivity index (χ0) is 20.8. The lowest BCUT2D eigenvalue weighted by Crippen LogP contribution is -2.60. The average Bonchev–Trinajstić information content (AvgIpc) is 3.46. The molecule has 4 rings (SSSR count). The summed E-state index contributed by atoms with van der Waals surface area (Å²) in [6.45, 7) is 6.44. The number of ketones is 1. The minimum atomic E-state index is -0.553. The highest BCUT2D eigenvalue weighted by Crippen LogP contribution is 2.47. The largest absolute Gasteiger partial charge is 0.444 e. The van der Waals surface area contributed by atoms with E-state index >= 15 is 0 Å². The Morgan fingerprint density at radius 2 is 1.72 bits per heavy atom. The van der Waals surface area contributed by atoms with Crippen LogP contribution in [-0.2, 0) is 14.9 Å². The predicted octanol–water partition coefficient (Wildman–Crippen LogP) is 3.84. The molecule has 1 saturated carbocycles. The van der Waals surface area contributed by atoms with Gasteiger partial charge in [0, 0.05) is 11.5 Å². The van der Waals surface area contributed by atoms with Crippen molar-refractivity contribution in [2.24, 2.45) is 5.92 Å². The molecule has 0 N–H and O–H groups in total. The number of benzene rings is 1. The normalized spacial score (nSPS) is 27.7. The molecule has 1 aliphatic carbocycles. The Balaban J connectivity index is 1.46. The first-order chi connectivity index (χ1) is 13.7. The molecular weight excluding hydrogens is 368 g/mol. The zero-order valence-electron chi connectivity index (χ0n) is 17.3. The first-order valence-electron chi connectivity index (χ1n) is 10.4. The summed E-state index contributed by atoms with van der Waals surface area (Å²) >= 11 is 0. The van der Waals surface area contributed by atoms with Crippen LogP contribution < -0.4 is 0 Å². The van der Waals surface area contributed by atoms with Gasteiger partial charge in [0.2, 0.25) is 0 Å². The molecule has 2 heterocycles. The van der Waals surface area contributed by atoms with Gasteiger partial charge >= 0.3 is 6.09 Å². The summed E-state index contributed by atoms with van der Waals surface area (Å²) in [6, 6.07) is 9.65. The van der Waals surface area contributed by atoms with Gasteiger partial charge in [-0.2, -0.15) is 5.26 Å². The summed E-state index contributed by atoms with van der Waals surface area (Å²) in [5.74, 6) is -0.0246. The smallest absolute Gasteiger partial charge is 0.410 e. The van der Waals surface area contributed by atoms with Crippen molar-refractivity contribution in [1.82, 2.24) is 4.90 Å². The molecule has 6 heteroatoms. The van der Waals surface area contributed by atoms with E-state index in [0.717, 1.165) is 18.4 Å². The Morgan fingerprint density at radius 3 is 2.21 bits per heavy atom. The Morgan fingerprint density at radius 1 is 1.14 bits per heavy atom. The molecule has 0 radical (unpaired) electrons. The van der Waals surface area contributed by atoms with Gasteiger partial charge in [-0.1, -0.05) is 24.3 Å². The Hall–Kier alpha value is -2.39. The number of fused-ring (bicyclic) bond motifs is 2. The van der Waals surface area contributed by atoms with Crippen LogP contribution in [0.4, 0.5) is 4.79 Å². The molecule has 3 aliphatic rings. The average molecular weight is 396 g/mol. The molecule has 2 aliphatic heterocycles. The summed E-state index contributed by atoms with van der Waals surface area (Å²) in [4.78, 5) is 27.6. The molecule has 1 amide bonds. The van der Waals surface area contributed by atoms with Crippen LogP contribution >= 0.6 is 0 Å². The summed E-state index contributed by atoms with van der Waals surface area (Å²) in [5.41, 5.74) is 0.788. The van der Waals surface area contributed by atoms with Crippen LogP contribution in [0.3, 0.4) is 0 Å². The van der Waals surface area contributed by atoms with Crippen molar-refractivity contribution in [3.8, 4) is 6.07 Å². The van der Waals surface area contributed by atoms with E-state index in [1.165, 1.54) is 0 Å². The van der Waals surface area contributed by atoms with Gasteiger partial charge in [-0.3, -0.25) is 9.69 Å². The standard InChI is InChI=1S/C23H28N2O4/c1-22(2,3)29-21(27)25-18-10-16(11-19(25)13-28-12-18)20(26)15-4-6-17(7-5-15)23(14-24)8-9-23/h4-7,16,18-19H,8-13H2,1-3H3. The van der Waals surface area contributed by atoms with Crippen LogP contribution in [0.2, 0.25) is 0 Å².